The lowest BCUT2D eigenvalue weighted by molar-refractivity contribution is 0.0584. The first kappa shape index (κ1) is 20.2. The summed E-state index contributed by atoms with van der Waals surface area (Å²) in [5, 5.41) is 0.886. The number of carbonyl (C=O) groups excluding carboxylic acids is 2. The third-order valence-corrected chi connectivity index (χ3v) is 4.90. The van der Waals surface area contributed by atoms with Gasteiger partial charge in [-0.15, -0.1) is 0 Å². The number of aromatic nitrogens is 1. The topological polar surface area (TPSA) is 51.5 Å². The number of nitrogens with zero attached hydrogens (tertiary/aromatic N) is 2. The minimum atomic E-state index is -0.606. The van der Waals surface area contributed by atoms with E-state index in [1.807, 2.05) is 32.9 Å². The van der Waals surface area contributed by atoms with Gasteiger partial charge in [-0.05, 0) is 70.8 Å². The lowest BCUT2D eigenvalue weighted by Crippen LogP contribution is -2.37. The molecule has 1 aromatic carbocycles. The molecule has 0 aliphatic heterocycles. The second-order valence-electron chi connectivity index (χ2n) is 6.31. The molecule has 0 saturated carbocycles. The van der Waals surface area contributed by atoms with Gasteiger partial charge in [-0.2, -0.15) is 0 Å². The van der Waals surface area contributed by atoms with E-state index in [4.69, 9.17) is 16.3 Å². The summed E-state index contributed by atoms with van der Waals surface area (Å²) < 4.78 is 7.91. The molecule has 0 radical (unpaired) electrons. The molecule has 0 spiro atoms. The van der Waals surface area contributed by atoms with E-state index in [-0.39, 0.29) is 12.2 Å². The summed E-state index contributed by atoms with van der Waals surface area (Å²) in [5.74, 6) is 0. The standard InChI is InChI=1S/C17H19ClIN2O3P/c1-17(2,3)24-15(22)20(9-4-8-18)13-6-5-12-11(14(13)19)7-10-21(12)16(23)25/h4-8,10H,9,25H2,1-3H3/b8-4+. The number of benzene rings is 1. The van der Waals surface area contributed by atoms with Gasteiger partial charge in [0.1, 0.15) is 5.60 Å². The number of amides is 1. The first-order valence-corrected chi connectivity index (χ1v) is 9.60. The van der Waals surface area contributed by atoms with Crippen molar-refractivity contribution in [2.24, 2.45) is 0 Å². The van der Waals surface area contributed by atoms with Crippen molar-refractivity contribution in [1.29, 1.82) is 0 Å². The lowest BCUT2D eigenvalue weighted by atomic mass is 10.2. The van der Waals surface area contributed by atoms with Gasteiger partial charge in [-0.25, -0.2) is 4.79 Å². The number of fused-ring (bicyclic) bond motifs is 1. The van der Waals surface area contributed by atoms with Crippen LogP contribution < -0.4 is 4.90 Å². The number of rotatable bonds is 3. The molecular weight excluding hydrogens is 474 g/mol. The van der Waals surface area contributed by atoms with Gasteiger partial charge in [0.15, 0.2) is 0 Å². The van der Waals surface area contributed by atoms with Crippen molar-refractivity contribution >= 4 is 71.8 Å². The van der Waals surface area contributed by atoms with Crippen LogP contribution in [0.25, 0.3) is 10.9 Å². The highest BCUT2D eigenvalue weighted by molar-refractivity contribution is 14.1. The van der Waals surface area contributed by atoms with Gasteiger partial charge in [0, 0.05) is 27.2 Å². The number of anilines is 1. The SMILES string of the molecule is CC(C)(C)OC(=O)N(C/C=C/Cl)c1ccc2c(ccn2C(=O)P)c1I. The zero-order valence-corrected chi connectivity index (χ0v) is 18.2. The molecule has 25 heavy (non-hydrogen) atoms. The number of hydrogen-bond acceptors (Lipinski definition) is 3. The monoisotopic (exact) mass is 492 g/mol. The van der Waals surface area contributed by atoms with Crippen molar-refractivity contribution < 1.29 is 14.3 Å². The fourth-order valence-corrected chi connectivity index (χ4v) is 3.54. The first-order chi connectivity index (χ1) is 11.7. The van der Waals surface area contributed by atoms with E-state index < -0.39 is 11.7 Å². The highest BCUT2D eigenvalue weighted by atomic mass is 127. The molecule has 1 aromatic heterocycles. The molecule has 1 unspecified atom stereocenters. The molecule has 0 bridgehead atoms. The quantitative estimate of drug-likeness (QED) is 0.415. The van der Waals surface area contributed by atoms with E-state index in [1.165, 1.54) is 10.4 Å². The maximum Gasteiger partial charge on any atom is 0.415 e. The summed E-state index contributed by atoms with van der Waals surface area (Å²) in [4.78, 5) is 25.8. The van der Waals surface area contributed by atoms with Crippen LogP contribution in [-0.4, -0.2) is 28.5 Å². The summed E-state index contributed by atoms with van der Waals surface area (Å²) in [6.45, 7) is 5.74. The number of hydrogen-bond donors (Lipinski definition) is 0. The zero-order chi connectivity index (χ0) is 18.8. The Bertz CT molecular complexity index is 842. The minimum absolute atomic E-state index is 0.146. The Balaban J connectivity index is 2.51. The fraction of sp³-hybridized carbons (Fsp3) is 0.294. The van der Waals surface area contributed by atoms with Gasteiger partial charge in [-0.1, -0.05) is 17.7 Å². The summed E-state index contributed by atoms with van der Waals surface area (Å²) in [7, 11) is 2.16. The van der Waals surface area contributed by atoms with E-state index in [2.05, 4.69) is 31.8 Å². The Labute approximate surface area is 167 Å². The van der Waals surface area contributed by atoms with E-state index in [1.54, 1.807) is 22.9 Å². The molecule has 0 N–H and O–H groups in total. The molecule has 8 heteroatoms. The molecule has 2 rings (SSSR count). The van der Waals surface area contributed by atoms with Gasteiger partial charge >= 0.3 is 6.09 Å². The summed E-state index contributed by atoms with van der Waals surface area (Å²) >= 11 is 7.81. The van der Waals surface area contributed by atoms with Crippen LogP contribution in [0, 0.1) is 3.57 Å². The molecule has 0 aliphatic rings. The van der Waals surface area contributed by atoms with Gasteiger partial charge in [0.05, 0.1) is 11.2 Å². The van der Waals surface area contributed by atoms with Crippen LogP contribution in [0.5, 0.6) is 0 Å². The van der Waals surface area contributed by atoms with Crippen LogP contribution in [0.4, 0.5) is 15.3 Å². The van der Waals surface area contributed by atoms with Crippen LogP contribution in [0.1, 0.15) is 20.8 Å². The molecule has 0 aliphatic carbocycles. The number of ether oxygens (including phenoxy) is 1. The highest BCUT2D eigenvalue weighted by Crippen LogP contribution is 2.32. The second-order valence-corrected chi connectivity index (χ2v) is 8.13. The van der Waals surface area contributed by atoms with Crippen molar-refractivity contribution in [3.05, 3.63) is 39.6 Å². The largest absolute Gasteiger partial charge is 0.443 e. The molecule has 0 fully saturated rings. The maximum absolute atomic E-state index is 12.6. The Morgan fingerprint density at radius 3 is 2.60 bits per heavy atom. The molecule has 1 atom stereocenters. The Morgan fingerprint density at radius 1 is 1.36 bits per heavy atom. The molecule has 0 saturated heterocycles. The van der Waals surface area contributed by atoms with E-state index in [9.17, 15) is 9.59 Å². The lowest BCUT2D eigenvalue weighted by Gasteiger charge is -2.27. The maximum atomic E-state index is 12.6. The Morgan fingerprint density at radius 2 is 2.04 bits per heavy atom. The van der Waals surface area contributed by atoms with Gasteiger partial charge < -0.3 is 4.74 Å². The summed E-state index contributed by atoms with van der Waals surface area (Å²) in [6, 6.07) is 5.48. The normalized spacial score (nSPS) is 11.9. The average Bonchev–Trinajstić information content (AvgIpc) is 2.92. The smallest absolute Gasteiger partial charge is 0.415 e. The molecular formula is C17H19ClIN2O3P. The first-order valence-electron chi connectivity index (χ1n) is 7.51. The third-order valence-electron chi connectivity index (χ3n) is 3.31. The third kappa shape index (κ3) is 4.74. The molecule has 1 heterocycles. The van der Waals surface area contributed by atoms with Crippen molar-refractivity contribution in [2.45, 2.75) is 26.4 Å². The minimum Gasteiger partial charge on any atom is -0.443 e. The second kappa shape index (κ2) is 8.06. The van der Waals surface area contributed by atoms with E-state index >= 15 is 0 Å². The summed E-state index contributed by atoms with van der Waals surface area (Å²) in [5.41, 5.74) is 2.10. The summed E-state index contributed by atoms with van der Waals surface area (Å²) in [6.07, 6.45) is 2.92. The fourth-order valence-electron chi connectivity index (χ4n) is 2.30. The van der Waals surface area contributed by atoms with Crippen LogP contribution in [0.15, 0.2) is 36.0 Å². The molecule has 5 nitrogen and oxygen atoms in total. The average molecular weight is 493 g/mol. The van der Waals surface area contributed by atoms with Crippen molar-refractivity contribution in [2.75, 3.05) is 11.4 Å². The predicted octanol–water partition coefficient (Wildman–Crippen LogP) is 5.58. The number of carbonyl (C=O) groups is 2. The van der Waals surface area contributed by atoms with Crippen molar-refractivity contribution in [3.63, 3.8) is 0 Å². The van der Waals surface area contributed by atoms with Crippen molar-refractivity contribution in [1.82, 2.24) is 4.57 Å². The van der Waals surface area contributed by atoms with Gasteiger partial charge in [0.25, 0.3) is 0 Å². The van der Waals surface area contributed by atoms with Crippen LogP contribution >= 0.6 is 43.4 Å². The number of halogens is 2. The van der Waals surface area contributed by atoms with Crippen molar-refractivity contribution in [3.8, 4) is 0 Å². The van der Waals surface area contributed by atoms with E-state index in [0.29, 0.717) is 5.69 Å². The van der Waals surface area contributed by atoms with Gasteiger partial charge in [-0.3, -0.25) is 14.3 Å². The van der Waals surface area contributed by atoms with Crippen LogP contribution in [0.2, 0.25) is 0 Å². The molecule has 1 amide bonds. The highest BCUT2D eigenvalue weighted by Gasteiger charge is 2.25. The van der Waals surface area contributed by atoms with Gasteiger partial charge in [0.2, 0.25) is 5.65 Å². The Hall–Kier alpha value is -1.11. The Kier molecular flexibility index (Phi) is 6.51. The van der Waals surface area contributed by atoms with E-state index in [0.717, 1.165) is 14.5 Å². The van der Waals surface area contributed by atoms with Crippen LogP contribution in [0.3, 0.4) is 0 Å². The van der Waals surface area contributed by atoms with Crippen LogP contribution in [-0.2, 0) is 4.74 Å². The molecule has 134 valence electrons. The zero-order valence-electron chi connectivity index (χ0n) is 14.1. The molecule has 2 aromatic rings. The predicted molar refractivity (Wildman–Crippen MR) is 114 cm³/mol.